The maximum Gasteiger partial charge on any atom is 0.319 e. The molecule has 0 aliphatic carbocycles. The van der Waals surface area contributed by atoms with Gasteiger partial charge in [0.1, 0.15) is 11.5 Å². The van der Waals surface area contributed by atoms with Crippen molar-refractivity contribution in [2.24, 2.45) is 5.92 Å². The van der Waals surface area contributed by atoms with E-state index < -0.39 is 0 Å². The van der Waals surface area contributed by atoms with Crippen LogP contribution in [-0.4, -0.2) is 26.8 Å². The summed E-state index contributed by atoms with van der Waals surface area (Å²) in [5.41, 5.74) is 0.582. The van der Waals surface area contributed by atoms with Crippen molar-refractivity contribution >= 4 is 11.7 Å². The lowest BCUT2D eigenvalue weighted by molar-refractivity contribution is 0.250. The van der Waals surface area contributed by atoms with Crippen molar-refractivity contribution < 1.29 is 14.3 Å². The molecule has 5 nitrogen and oxygen atoms in total. The molecule has 0 aromatic heterocycles. The van der Waals surface area contributed by atoms with E-state index in [-0.39, 0.29) is 6.03 Å². The number of amides is 2. The molecule has 0 aliphatic heterocycles. The number of carbonyl (C=O) groups excluding carboxylic acids is 1. The summed E-state index contributed by atoms with van der Waals surface area (Å²) in [5, 5.41) is 5.51. The van der Waals surface area contributed by atoms with Crippen molar-refractivity contribution in [3.05, 3.63) is 18.2 Å². The van der Waals surface area contributed by atoms with Crippen molar-refractivity contribution in [2.75, 3.05) is 26.1 Å². The lowest BCUT2D eigenvalue weighted by Crippen LogP contribution is -2.31. The zero-order chi connectivity index (χ0) is 13.5. The predicted octanol–water partition coefficient (Wildman–Crippen LogP) is 2.48. The van der Waals surface area contributed by atoms with Gasteiger partial charge >= 0.3 is 6.03 Å². The monoisotopic (exact) mass is 252 g/mol. The van der Waals surface area contributed by atoms with Crippen molar-refractivity contribution in [3.63, 3.8) is 0 Å². The third-order valence-corrected chi connectivity index (χ3v) is 2.33. The first-order valence-corrected chi connectivity index (χ1v) is 5.83. The highest BCUT2D eigenvalue weighted by molar-refractivity contribution is 5.91. The van der Waals surface area contributed by atoms with Crippen LogP contribution in [0.1, 0.15) is 13.8 Å². The molecule has 0 bridgehead atoms. The van der Waals surface area contributed by atoms with Gasteiger partial charge in [-0.15, -0.1) is 0 Å². The minimum atomic E-state index is -0.254. The highest BCUT2D eigenvalue weighted by Gasteiger charge is 2.08. The smallest absolute Gasteiger partial charge is 0.319 e. The van der Waals surface area contributed by atoms with Crippen LogP contribution in [-0.2, 0) is 0 Å². The topological polar surface area (TPSA) is 59.6 Å². The fourth-order valence-corrected chi connectivity index (χ4v) is 1.38. The summed E-state index contributed by atoms with van der Waals surface area (Å²) in [6.45, 7) is 4.69. The summed E-state index contributed by atoms with van der Waals surface area (Å²) in [5.74, 6) is 1.66. The fourth-order valence-electron chi connectivity index (χ4n) is 1.38. The predicted molar refractivity (Wildman–Crippen MR) is 71.4 cm³/mol. The van der Waals surface area contributed by atoms with E-state index in [1.54, 1.807) is 32.4 Å². The minimum absolute atomic E-state index is 0.254. The van der Waals surface area contributed by atoms with E-state index in [1.165, 1.54) is 0 Å². The number of anilines is 1. The molecule has 100 valence electrons. The van der Waals surface area contributed by atoms with Crippen molar-refractivity contribution in [1.82, 2.24) is 5.32 Å². The number of ether oxygens (including phenoxy) is 2. The molecule has 1 rings (SSSR count). The lowest BCUT2D eigenvalue weighted by Gasteiger charge is -2.13. The average molecular weight is 252 g/mol. The fraction of sp³-hybridized carbons (Fsp3) is 0.462. The standard InChI is InChI=1S/C13H20N2O3/c1-9(2)8-14-13(16)15-11-7-10(17-3)5-6-12(11)18-4/h5-7,9H,8H2,1-4H3,(H2,14,15,16). The Labute approximate surface area is 107 Å². The van der Waals surface area contributed by atoms with Crippen LogP contribution in [0.2, 0.25) is 0 Å². The highest BCUT2D eigenvalue weighted by atomic mass is 16.5. The van der Waals surface area contributed by atoms with Crippen LogP contribution in [0.15, 0.2) is 18.2 Å². The summed E-state index contributed by atoms with van der Waals surface area (Å²) >= 11 is 0. The van der Waals surface area contributed by atoms with Crippen LogP contribution in [0.3, 0.4) is 0 Å². The molecule has 0 unspecified atom stereocenters. The van der Waals surface area contributed by atoms with Gasteiger partial charge in [0.2, 0.25) is 0 Å². The van der Waals surface area contributed by atoms with Crippen LogP contribution in [0.5, 0.6) is 11.5 Å². The number of rotatable bonds is 5. The molecular weight excluding hydrogens is 232 g/mol. The Morgan fingerprint density at radius 2 is 2.00 bits per heavy atom. The maximum absolute atomic E-state index is 11.7. The van der Waals surface area contributed by atoms with Crippen LogP contribution in [0, 0.1) is 5.92 Å². The van der Waals surface area contributed by atoms with Gasteiger partial charge in [0, 0.05) is 12.6 Å². The normalized spacial score (nSPS) is 10.1. The highest BCUT2D eigenvalue weighted by Crippen LogP contribution is 2.28. The molecule has 0 spiro atoms. The van der Waals surface area contributed by atoms with Gasteiger partial charge in [0.25, 0.3) is 0 Å². The zero-order valence-electron chi connectivity index (χ0n) is 11.2. The van der Waals surface area contributed by atoms with E-state index in [1.807, 2.05) is 13.8 Å². The molecule has 1 aromatic rings. The first kappa shape index (κ1) is 14.2. The lowest BCUT2D eigenvalue weighted by atomic mass is 10.2. The SMILES string of the molecule is COc1ccc(OC)c(NC(=O)NCC(C)C)c1. The third kappa shape index (κ3) is 4.16. The van der Waals surface area contributed by atoms with E-state index in [2.05, 4.69) is 10.6 Å². The van der Waals surface area contributed by atoms with Gasteiger partial charge in [-0.1, -0.05) is 13.8 Å². The van der Waals surface area contributed by atoms with Crippen LogP contribution in [0.4, 0.5) is 10.5 Å². The second-order valence-electron chi connectivity index (χ2n) is 4.30. The van der Waals surface area contributed by atoms with Gasteiger partial charge in [-0.05, 0) is 18.1 Å². The summed E-state index contributed by atoms with van der Waals surface area (Å²) in [6.07, 6.45) is 0. The largest absolute Gasteiger partial charge is 0.497 e. The molecule has 0 atom stereocenters. The second kappa shape index (κ2) is 6.74. The number of hydrogen-bond acceptors (Lipinski definition) is 3. The molecular formula is C13H20N2O3. The Balaban J connectivity index is 2.72. The Kier molecular flexibility index (Phi) is 5.30. The summed E-state index contributed by atoms with van der Waals surface area (Å²) in [6, 6.07) is 4.98. The number of nitrogens with one attached hydrogen (secondary N) is 2. The van der Waals surface area contributed by atoms with Crippen molar-refractivity contribution in [2.45, 2.75) is 13.8 Å². The summed E-state index contributed by atoms with van der Waals surface area (Å²) < 4.78 is 10.3. The number of methoxy groups -OCH3 is 2. The minimum Gasteiger partial charge on any atom is -0.497 e. The van der Waals surface area contributed by atoms with Gasteiger partial charge < -0.3 is 20.1 Å². The van der Waals surface area contributed by atoms with Crippen molar-refractivity contribution in [1.29, 1.82) is 0 Å². The quantitative estimate of drug-likeness (QED) is 0.846. The molecule has 0 aliphatic rings. The Bertz CT molecular complexity index is 405. The van der Waals surface area contributed by atoms with E-state index in [0.29, 0.717) is 29.6 Å². The van der Waals surface area contributed by atoms with Gasteiger partial charge in [0.15, 0.2) is 0 Å². The number of benzene rings is 1. The third-order valence-electron chi connectivity index (χ3n) is 2.33. The van der Waals surface area contributed by atoms with Crippen LogP contribution >= 0.6 is 0 Å². The molecule has 5 heteroatoms. The van der Waals surface area contributed by atoms with Gasteiger partial charge in [-0.25, -0.2) is 4.79 Å². The Hall–Kier alpha value is -1.91. The molecule has 18 heavy (non-hydrogen) atoms. The molecule has 1 aromatic carbocycles. The molecule has 0 saturated carbocycles. The summed E-state index contributed by atoms with van der Waals surface area (Å²) in [4.78, 5) is 11.7. The van der Waals surface area contributed by atoms with Crippen molar-refractivity contribution in [3.8, 4) is 11.5 Å². The van der Waals surface area contributed by atoms with E-state index in [4.69, 9.17) is 9.47 Å². The van der Waals surface area contributed by atoms with E-state index in [0.717, 1.165) is 0 Å². The van der Waals surface area contributed by atoms with Crippen LogP contribution in [0.25, 0.3) is 0 Å². The first-order valence-electron chi connectivity index (χ1n) is 5.83. The number of urea groups is 1. The zero-order valence-corrected chi connectivity index (χ0v) is 11.2. The van der Waals surface area contributed by atoms with Gasteiger partial charge in [-0.2, -0.15) is 0 Å². The molecule has 0 radical (unpaired) electrons. The number of carbonyl (C=O) groups is 1. The average Bonchev–Trinajstić information content (AvgIpc) is 2.36. The first-order chi connectivity index (χ1) is 8.56. The molecule has 0 fully saturated rings. The molecule has 2 N–H and O–H groups in total. The number of hydrogen-bond donors (Lipinski definition) is 2. The second-order valence-corrected chi connectivity index (χ2v) is 4.30. The van der Waals surface area contributed by atoms with Crippen LogP contribution < -0.4 is 20.1 Å². The Morgan fingerprint density at radius 1 is 1.28 bits per heavy atom. The molecule has 0 heterocycles. The van der Waals surface area contributed by atoms with E-state index in [9.17, 15) is 4.79 Å². The molecule has 2 amide bonds. The van der Waals surface area contributed by atoms with Gasteiger partial charge in [-0.3, -0.25) is 0 Å². The molecule has 0 saturated heterocycles. The summed E-state index contributed by atoms with van der Waals surface area (Å²) in [7, 11) is 3.13. The maximum atomic E-state index is 11.7. The van der Waals surface area contributed by atoms with E-state index >= 15 is 0 Å². The van der Waals surface area contributed by atoms with Gasteiger partial charge in [0.05, 0.1) is 19.9 Å². The Morgan fingerprint density at radius 3 is 2.56 bits per heavy atom.